The lowest BCUT2D eigenvalue weighted by atomic mass is 10.1. The number of halogens is 1. The largest absolute Gasteiger partial charge is 0.481 e. The lowest BCUT2D eigenvalue weighted by Gasteiger charge is -1.96. The molecule has 1 aliphatic rings. The first-order chi connectivity index (χ1) is 6.18. The van der Waals surface area contributed by atoms with Gasteiger partial charge in [0, 0.05) is 6.20 Å². The van der Waals surface area contributed by atoms with Gasteiger partial charge in [0.1, 0.15) is 4.60 Å². The number of carbonyl (C=O) groups is 1. The van der Waals surface area contributed by atoms with Gasteiger partial charge in [0.25, 0.3) is 0 Å². The van der Waals surface area contributed by atoms with Gasteiger partial charge in [0.15, 0.2) is 0 Å². The molecule has 0 spiro atoms. The van der Waals surface area contributed by atoms with Crippen LogP contribution in [0, 0.1) is 5.92 Å². The maximum Gasteiger partial charge on any atom is 0.307 e. The first kappa shape index (κ1) is 8.69. The Balaban J connectivity index is 2.12. The van der Waals surface area contributed by atoms with E-state index in [9.17, 15) is 4.79 Å². The smallest absolute Gasteiger partial charge is 0.307 e. The fourth-order valence-electron chi connectivity index (χ4n) is 1.44. The van der Waals surface area contributed by atoms with Crippen molar-refractivity contribution >= 4 is 21.9 Å². The molecular weight excluding hydrogens is 234 g/mol. The molecule has 0 saturated heterocycles. The fraction of sp³-hybridized carbons (Fsp3) is 0.333. The molecule has 13 heavy (non-hydrogen) atoms. The van der Waals surface area contributed by atoms with E-state index in [1.54, 1.807) is 6.20 Å². The second-order valence-corrected chi connectivity index (χ2v) is 4.01. The zero-order valence-electron chi connectivity index (χ0n) is 6.77. The Morgan fingerprint density at radius 3 is 2.85 bits per heavy atom. The molecule has 2 rings (SSSR count). The Morgan fingerprint density at radius 2 is 2.38 bits per heavy atom. The van der Waals surface area contributed by atoms with Gasteiger partial charge in [-0.3, -0.25) is 4.79 Å². The second kappa shape index (κ2) is 3.10. The van der Waals surface area contributed by atoms with Crippen LogP contribution in [0.2, 0.25) is 0 Å². The molecule has 68 valence electrons. The molecular formula is C9H8BrNO2. The van der Waals surface area contributed by atoms with Crippen molar-refractivity contribution in [2.45, 2.75) is 12.3 Å². The highest BCUT2D eigenvalue weighted by Gasteiger charge is 2.44. The van der Waals surface area contributed by atoms with Crippen LogP contribution in [0.25, 0.3) is 0 Å². The molecule has 1 aliphatic carbocycles. The van der Waals surface area contributed by atoms with E-state index in [1.807, 2.05) is 12.1 Å². The lowest BCUT2D eigenvalue weighted by molar-refractivity contribution is -0.138. The van der Waals surface area contributed by atoms with Crippen LogP contribution in [0.4, 0.5) is 0 Å². The summed E-state index contributed by atoms with van der Waals surface area (Å²) in [5.41, 5.74) is 1.02. The summed E-state index contributed by atoms with van der Waals surface area (Å²) in [6, 6.07) is 3.76. The van der Waals surface area contributed by atoms with E-state index in [0.29, 0.717) is 0 Å². The fourth-order valence-corrected chi connectivity index (χ4v) is 1.68. The average Bonchev–Trinajstić information content (AvgIpc) is 2.85. The molecule has 2 atom stereocenters. The van der Waals surface area contributed by atoms with Crippen molar-refractivity contribution < 1.29 is 9.90 Å². The Labute approximate surface area is 83.9 Å². The summed E-state index contributed by atoms with van der Waals surface area (Å²) in [5, 5.41) is 8.71. The molecule has 1 fully saturated rings. The normalized spacial score (nSPS) is 25.6. The van der Waals surface area contributed by atoms with Crippen LogP contribution in [0.1, 0.15) is 17.9 Å². The van der Waals surface area contributed by atoms with E-state index < -0.39 is 5.97 Å². The Bertz CT molecular complexity index is 336. The highest BCUT2D eigenvalue weighted by molar-refractivity contribution is 9.10. The minimum atomic E-state index is -0.701. The third kappa shape index (κ3) is 1.72. The van der Waals surface area contributed by atoms with Crippen LogP contribution in [-0.4, -0.2) is 16.1 Å². The summed E-state index contributed by atoms with van der Waals surface area (Å²) in [7, 11) is 0. The predicted molar refractivity (Wildman–Crippen MR) is 50.4 cm³/mol. The number of pyridine rings is 1. The highest BCUT2D eigenvalue weighted by atomic mass is 79.9. The number of aliphatic carboxylic acids is 1. The molecule has 1 unspecified atom stereocenters. The molecule has 1 aromatic heterocycles. The molecule has 0 amide bonds. The lowest BCUT2D eigenvalue weighted by Crippen LogP contribution is -1.98. The van der Waals surface area contributed by atoms with Gasteiger partial charge < -0.3 is 5.11 Å². The number of carboxylic acid groups (broad SMARTS) is 1. The monoisotopic (exact) mass is 241 g/mol. The van der Waals surface area contributed by atoms with Crippen LogP contribution < -0.4 is 0 Å². The predicted octanol–water partition coefficient (Wildman–Crippen LogP) is 2.03. The first-order valence-electron chi connectivity index (χ1n) is 4.03. The molecule has 1 saturated carbocycles. The SMILES string of the molecule is O=C(O)[C@H]1CC1c1ccc(Br)nc1. The summed E-state index contributed by atoms with van der Waals surface area (Å²) in [6.07, 6.45) is 2.48. The van der Waals surface area contributed by atoms with Crippen LogP contribution >= 0.6 is 15.9 Å². The van der Waals surface area contributed by atoms with Crippen molar-refractivity contribution in [3.05, 3.63) is 28.5 Å². The molecule has 4 heteroatoms. The van der Waals surface area contributed by atoms with Gasteiger partial charge in [0.05, 0.1) is 5.92 Å². The maximum atomic E-state index is 10.6. The van der Waals surface area contributed by atoms with Crippen molar-refractivity contribution in [1.29, 1.82) is 0 Å². The van der Waals surface area contributed by atoms with Crippen molar-refractivity contribution in [3.63, 3.8) is 0 Å². The van der Waals surface area contributed by atoms with Gasteiger partial charge in [-0.1, -0.05) is 6.07 Å². The summed E-state index contributed by atoms with van der Waals surface area (Å²) in [6.45, 7) is 0. The molecule has 1 heterocycles. The maximum absolute atomic E-state index is 10.6. The van der Waals surface area contributed by atoms with Crippen LogP contribution in [0.5, 0.6) is 0 Å². The number of hydrogen-bond donors (Lipinski definition) is 1. The minimum absolute atomic E-state index is 0.179. The number of nitrogens with zero attached hydrogens (tertiary/aromatic N) is 1. The number of carboxylic acids is 1. The summed E-state index contributed by atoms with van der Waals surface area (Å²) in [5.74, 6) is -0.714. The molecule has 0 aliphatic heterocycles. The average molecular weight is 242 g/mol. The van der Waals surface area contributed by atoms with E-state index in [-0.39, 0.29) is 11.8 Å². The van der Waals surface area contributed by atoms with E-state index in [4.69, 9.17) is 5.11 Å². The van der Waals surface area contributed by atoms with Crippen molar-refractivity contribution in [2.75, 3.05) is 0 Å². The zero-order chi connectivity index (χ0) is 9.42. The molecule has 1 aromatic rings. The second-order valence-electron chi connectivity index (χ2n) is 3.20. The highest BCUT2D eigenvalue weighted by Crippen LogP contribution is 2.47. The zero-order valence-corrected chi connectivity index (χ0v) is 8.36. The first-order valence-corrected chi connectivity index (χ1v) is 4.82. The Hall–Kier alpha value is -0.900. The van der Waals surface area contributed by atoms with Crippen molar-refractivity contribution in [1.82, 2.24) is 4.98 Å². The van der Waals surface area contributed by atoms with Crippen LogP contribution in [0.15, 0.2) is 22.9 Å². The Morgan fingerprint density at radius 1 is 1.62 bits per heavy atom. The number of aromatic nitrogens is 1. The molecule has 3 nitrogen and oxygen atoms in total. The number of rotatable bonds is 2. The molecule has 0 aromatic carbocycles. The Kier molecular flexibility index (Phi) is 2.07. The van der Waals surface area contributed by atoms with E-state index in [1.165, 1.54) is 0 Å². The molecule has 1 N–H and O–H groups in total. The standard InChI is InChI=1S/C9H8BrNO2/c10-8-2-1-5(4-11-8)6-3-7(6)9(12)13/h1-2,4,6-7H,3H2,(H,12,13)/t6?,7-/m0/s1. The molecule has 0 radical (unpaired) electrons. The third-order valence-electron chi connectivity index (χ3n) is 2.29. The summed E-state index contributed by atoms with van der Waals surface area (Å²) < 4.78 is 0.781. The number of hydrogen-bond acceptors (Lipinski definition) is 2. The van der Waals surface area contributed by atoms with Crippen LogP contribution in [0.3, 0.4) is 0 Å². The topological polar surface area (TPSA) is 50.2 Å². The minimum Gasteiger partial charge on any atom is -0.481 e. The van der Waals surface area contributed by atoms with Crippen molar-refractivity contribution in [3.8, 4) is 0 Å². The molecule has 0 bridgehead atoms. The quantitative estimate of drug-likeness (QED) is 0.807. The third-order valence-corrected chi connectivity index (χ3v) is 2.76. The van der Waals surface area contributed by atoms with E-state index >= 15 is 0 Å². The van der Waals surface area contributed by atoms with E-state index in [2.05, 4.69) is 20.9 Å². The van der Waals surface area contributed by atoms with Crippen molar-refractivity contribution in [2.24, 2.45) is 5.92 Å². The van der Waals surface area contributed by atoms with Gasteiger partial charge in [-0.15, -0.1) is 0 Å². The van der Waals surface area contributed by atoms with Gasteiger partial charge >= 0.3 is 5.97 Å². The van der Waals surface area contributed by atoms with Gasteiger partial charge in [0.2, 0.25) is 0 Å². The van der Waals surface area contributed by atoms with Gasteiger partial charge in [-0.2, -0.15) is 0 Å². The summed E-state index contributed by atoms with van der Waals surface area (Å²) >= 11 is 3.23. The van der Waals surface area contributed by atoms with E-state index in [0.717, 1.165) is 16.6 Å². The van der Waals surface area contributed by atoms with Crippen LogP contribution in [-0.2, 0) is 4.79 Å². The van der Waals surface area contributed by atoms with Gasteiger partial charge in [-0.25, -0.2) is 4.98 Å². The van der Waals surface area contributed by atoms with Gasteiger partial charge in [-0.05, 0) is 39.9 Å². The summed E-state index contributed by atoms with van der Waals surface area (Å²) in [4.78, 5) is 14.6.